The molecule has 0 heterocycles. The van der Waals surface area contributed by atoms with E-state index in [9.17, 15) is 13.6 Å². The van der Waals surface area contributed by atoms with E-state index in [-0.39, 0.29) is 15.6 Å². The summed E-state index contributed by atoms with van der Waals surface area (Å²) in [6, 6.07) is 4.98. The molecule has 2 aromatic rings. The van der Waals surface area contributed by atoms with Crippen molar-refractivity contribution in [1.82, 2.24) is 0 Å². The molecule has 2 aromatic carbocycles. The molecule has 0 saturated heterocycles. The number of carbonyl (C=O) groups is 1. The van der Waals surface area contributed by atoms with Gasteiger partial charge in [-0.1, -0.05) is 15.9 Å². The number of nitrogens with two attached hydrogens (primary N) is 1. The minimum Gasteiger partial charge on any atom is -0.398 e. The first-order valence-electron chi connectivity index (χ1n) is 5.56. The molecule has 0 unspecified atom stereocenters. The lowest BCUT2D eigenvalue weighted by Crippen LogP contribution is -2.09. The van der Waals surface area contributed by atoms with Gasteiger partial charge in [-0.15, -0.1) is 0 Å². The molecular formula is C14H9Br2F2NO. The Hall–Kier alpha value is -1.27. The normalized spacial score (nSPS) is 10.7. The standard InChI is InChI=1S/C14H9Br2F2NO/c1-6-8(2-7(15)3-13(6)19)14(20)9-4-12(18)10(16)5-11(9)17/h2-5H,19H2,1H3. The zero-order valence-corrected chi connectivity index (χ0v) is 13.5. The van der Waals surface area contributed by atoms with E-state index < -0.39 is 17.4 Å². The lowest BCUT2D eigenvalue weighted by Gasteiger charge is -2.10. The first kappa shape index (κ1) is 15.1. The summed E-state index contributed by atoms with van der Waals surface area (Å²) in [5.74, 6) is -2.10. The number of hydrogen-bond acceptors (Lipinski definition) is 2. The van der Waals surface area contributed by atoms with E-state index in [1.165, 1.54) is 6.07 Å². The maximum absolute atomic E-state index is 13.8. The van der Waals surface area contributed by atoms with Gasteiger partial charge in [-0.2, -0.15) is 0 Å². The Balaban J connectivity index is 2.60. The van der Waals surface area contributed by atoms with Crippen molar-refractivity contribution < 1.29 is 13.6 Å². The van der Waals surface area contributed by atoms with Crippen LogP contribution in [0.2, 0.25) is 0 Å². The van der Waals surface area contributed by atoms with Crippen molar-refractivity contribution in [1.29, 1.82) is 0 Å². The molecule has 0 aliphatic carbocycles. The van der Waals surface area contributed by atoms with Crippen LogP contribution in [0.4, 0.5) is 14.5 Å². The van der Waals surface area contributed by atoms with Gasteiger partial charge in [-0.3, -0.25) is 4.79 Å². The third-order valence-corrected chi connectivity index (χ3v) is 3.98. The Morgan fingerprint density at radius 1 is 1.05 bits per heavy atom. The summed E-state index contributed by atoms with van der Waals surface area (Å²) in [5, 5.41) is 0. The molecule has 20 heavy (non-hydrogen) atoms. The topological polar surface area (TPSA) is 43.1 Å². The Morgan fingerprint density at radius 2 is 1.70 bits per heavy atom. The second-order valence-corrected chi connectivity index (χ2v) is 6.01. The molecule has 0 aliphatic rings. The lowest BCUT2D eigenvalue weighted by atomic mass is 9.97. The minimum absolute atomic E-state index is 0.0305. The van der Waals surface area contributed by atoms with Crippen molar-refractivity contribution >= 4 is 43.3 Å². The molecule has 0 amide bonds. The van der Waals surface area contributed by atoms with Crippen LogP contribution in [-0.2, 0) is 0 Å². The molecular weight excluding hydrogens is 396 g/mol. The monoisotopic (exact) mass is 403 g/mol. The van der Waals surface area contributed by atoms with Crippen LogP contribution in [0.3, 0.4) is 0 Å². The highest BCUT2D eigenvalue weighted by Gasteiger charge is 2.20. The fourth-order valence-corrected chi connectivity index (χ4v) is 2.57. The van der Waals surface area contributed by atoms with E-state index in [1.807, 2.05) is 0 Å². The molecule has 6 heteroatoms. The summed E-state index contributed by atoms with van der Waals surface area (Å²) in [5.41, 5.74) is 6.61. The molecule has 0 radical (unpaired) electrons. The fourth-order valence-electron chi connectivity index (χ4n) is 1.78. The fraction of sp³-hybridized carbons (Fsp3) is 0.0714. The number of nitrogen functional groups attached to an aromatic ring is 1. The van der Waals surface area contributed by atoms with Gasteiger partial charge in [-0.25, -0.2) is 8.78 Å². The number of rotatable bonds is 2. The largest absolute Gasteiger partial charge is 0.398 e. The SMILES string of the molecule is Cc1c(N)cc(Br)cc1C(=O)c1cc(F)c(Br)cc1F. The van der Waals surface area contributed by atoms with E-state index >= 15 is 0 Å². The van der Waals surface area contributed by atoms with Gasteiger partial charge in [0.15, 0.2) is 5.78 Å². The van der Waals surface area contributed by atoms with E-state index in [2.05, 4.69) is 31.9 Å². The van der Waals surface area contributed by atoms with Crippen LogP contribution < -0.4 is 5.73 Å². The molecule has 0 bridgehead atoms. The third-order valence-electron chi connectivity index (χ3n) is 2.91. The maximum atomic E-state index is 13.8. The van der Waals surface area contributed by atoms with Gasteiger partial charge >= 0.3 is 0 Å². The summed E-state index contributed by atoms with van der Waals surface area (Å²) in [7, 11) is 0. The van der Waals surface area contributed by atoms with Gasteiger partial charge in [0.25, 0.3) is 0 Å². The number of anilines is 1. The molecule has 0 aliphatic heterocycles. The molecule has 2 N–H and O–H groups in total. The molecule has 2 rings (SSSR count). The number of carbonyl (C=O) groups excluding carboxylic acids is 1. The predicted molar refractivity (Wildman–Crippen MR) is 80.8 cm³/mol. The molecule has 0 saturated carbocycles. The smallest absolute Gasteiger partial charge is 0.196 e. The van der Waals surface area contributed by atoms with Gasteiger partial charge in [0.1, 0.15) is 11.6 Å². The Bertz CT molecular complexity index is 717. The van der Waals surface area contributed by atoms with Crippen LogP contribution >= 0.6 is 31.9 Å². The second kappa shape index (κ2) is 5.61. The van der Waals surface area contributed by atoms with E-state index in [1.54, 1.807) is 13.0 Å². The Kier molecular flexibility index (Phi) is 4.25. The van der Waals surface area contributed by atoms with E-state index in [0.29, 0.717) is 15.7 Å². The van der Waals surface area contributed by atoms with Crippen molar-refractivity contribution in [3.05, 3.63) is 61.5 Å². The predicted octanol–water partition coefficient (Wildman–Crippen LogP) is 4.61. The molecule has 104 valence electrons. The van der Waals surface area contributed by atoms with Crippen LogP contribution in [0.25, 0.3) is 0 Å². The third kappa shape index (κ3) is 2.76. The Morgan fingerprint density at radius 3 is 2.35 bits per heavy atom. The average molecular weight is 405 g/mol. The molecule has 0 atom stereocenters. The number of benzene rings is 2. The van der Waals surface area contributed by atoms with Crippen LogP contribution in [0.1, 0.15) is 21.5 Å². The van der Waals surface area contributed by atoms with Gasteiger partial charge < -0.3 is 5.73 Å². The maximum Gasteiger partial charge on any atom is 0.196 e. The van der Waals surface area contributed by atoms with Crippen molar-refractivity contribution in [3.8, 4) is 0 Å². The minimum atomic E-state index is -0.791. The first-order valence-corrected chi connectivity index (χ1v) is 7.14. The first-order chi connectivity index (χ1) is 9.31. The highest BCUT2D eigenvalue weighted by atomic mass is 79.9. The highest BCUT2D eigenvalue weighted by Crippen LogP contribution is 2.27. The molecule has 0 spiro atoms. The number of ketones is 1. The van der Waals surface area contributed by atoms with E-state index in [0.717, 1.165) is 12.1 Å². The van der Waals surface area contributed by atoms with Gasteiger partial charge in [-0.05, 0) is 52.7 Å². The average Bonchev–Trinajstić information content (AvgIpc) is 2.37. The number of halogens is 4. The van der Waals surface area contributed by atoms with Crippen LogP contribution in [-0.4, -0.2) is 5.78 Å². The van der Waals surface area contributed by atoms with Crippen molar-refractivity contribution in [2.45, 2.75) is 6.92 Å². The summed E-state index contributed by atoms with van der Waals surface area (Å²) >= 11 is 6.09. The highest BCUT2D eigenvalue weighted by molar-refractivity contribution is 9.10. The van der Waals surface area contributed by atoms with Gasteiger partial charge in [0.2, 0.25) is 0 Å². The van der Waals surface area contributed by atoms with Crippen LogP contribution in [0.15, 0.2) is 33.2 Å². The van der Waals surface area contributed by atoms with Crippen LogP contribution in [0, 0.1) is 18.6 Å². The van der Waals surface area contributed by atoms with Crippen LogP contribution in [0.5, 0.6) is 0 Å². The lowest BCUT2D eigenvalue weighted by molar-refractivity contribution is 0.103. The summed E-state index contributed by atoms with van der Waals surface area (Å²) in [6.07, 6.45) is 0. The quantitative estimate of drug-likeness (QED) is 0.451. The zero-order chi connectivity index (χ0) is 15.0. The van der Waals surface area contributed by atoms with Crippen molar-refractivity contribution in [2.24, 2.45) is 0 Å². The Labute approximate surface area is 131 Å². The van der Waals surface area contributed by atoms with Gasteiger partial charge in [0, 0.05) is 15.7 Å². The summed E-state index contributed by atoms with van der Waals surface area (Å²) in [6.45, 7) is 1.65. The summed E-state index contributed by atoms with van der Waals surface area (Å²) in [4.78, 5) is 12.4. The zero-order valence-electron chi connectivity index (χ0n) is 10.3. The molecule has 0 fully saturated rings. The van der Waals surface area contributed by atoms with E-state index in [4.69, 9.17) is 5.73 Å². The van der Waals surface area contributed by atoms with Crippen molar-refractivity contribution in [2.75, 3.05) is 5.73 Å². The molecule has 0 aromatic heterocycles. The second-order valence-electron chi connectivity index (χ2n) is 4.24. The van der Waals surface area contributed by atoms with Gasteiger partial charge in [0.05, 0.1) is 10.0 Å². The van der Waals surface area contributed by atoms with Crippen molar-refractivity contribution in [3.63, 3.8) is 0 Å². The summed E-state index contributed by atoms with van der Waals surface area (Å²) < 4.78 is 27.9. The molecule has 2 nitrogen and oxygen atoms in total. The number of hydrogen-bond donors (Lipinski definition) is 1.